The summed E-state index contributed by atoms with van der Waals surface area (Å²) < 4.78 is 1.64. The highest BCUT2D eigenvalue weighted by molar-refractivity contribution is 5.64. The maximum atomic E-state index is 8.94. The molecule has 0 amide bonds. The lowest BCUT2D eigenvalue weighted by molar-refractivity contribution is 0.665. The average Bonchev–Trinajstić information content (AvgIpc) is 2.53. The van der Waals surface area contributed by atoms with Gasteiger partial charge >= 0.3 is 0 Å². The van der Waals surface area contributed by atoms with Gasteiger partial charge in [0.2, 0.25) is 0 Å². The number of anilines is 2. The first-order chi connectivity index (χ1) is 6.65. The molecule has 0 aliphatic rings. The molecule has 0 spiro atoms. The molecule has 0 aromatic carbocycles. The lowest BCUT2D eigenvalue weighted by atomic mass is 10.3. The van der Waals surface area contributed by atoms with Crippen LogP contribution < -0.4 is 10.6 Å². The number of nitriles is 1. The quantitative estimate of drug-likeness (QED) is 0.771. The minimum absolute atomic E-state index is 0.449. The van der Waals surface area contributed by atoms with Crippen LogP contribution in [0.5, 0.6) is 0 Å². The predicted molar refractivity (Wildman–Crippen MR) is 56.0 cm³/mol. The van der Waals surface area contributed by atoms with Crippen LogP contribution in [-0.4, -0.2) is 23.4 Å². The molecule has 0 aliphatic heterocycles. The lowest BCUT2D eigenvalue weighted by Crippen LogP contribution is -2.17. The smallest absolute Gasteiger partial charge is 0.170 e. The van der Waals surface area contributed by atoms with Crippen LogP contribution in [0.2, 0.25) is 0 Å². The number of rotatable bonds is 3. The molecule has 0 saturated carbocycles. The Morgan fingerprint density at radius 3 is 2.64 bits per heavy atom. The second-order valence-corrected chi connectivity index (χ2v) is 3.03. The van der Waals surface area contributed by atoms with E-state index in [1.807, 2.05) is 25.8 Å². The van der Waals surface area contributed by atoms with Gasteiger partial charge in [-0.2, -0.15) is 10.4 Å². The molecular weight excluding hydrogens is 178 g/mol. The lowest BCUT2D eigenvalue weighted by Gasteiger charge is -2.12. The monoisotopic (exact) mass is 193 g/mol. The van der Waals surface area contributed by atoms with Crippen LogP contribution in [0.3, 0.4) is 0 Å². The maximum Gasteiger partial charge on any atom is 0.170 e. The summed E-state index contributed by atoms with van der Waals surface area (Å²) in [5.41, 5.74) is 6.24. The number of aromatic nitrogens is 2. The summed E-state index contributed by atoms with van der Waals surface area (Å²) >= 11 is 0. The van der Waals surface area contributed by atoms with Crippen molar-refractivity contribution in [1.29, 1.82) is 5.26 Å². The minimum Gasteiger partial charge on any atom is -0.383 e. The summed E-state index contributed by atoms with van der Waals surface area (Å²) in [5, 5.41) is 13.2. The van der Waals surface area contributed by atoms with Crippen molar-refractivity contribution in [3.8, 4) is 6.07 Å². The van der Waals surface area contributed by atoms with Crippen LogP contribution in [0, 0.1) is 11.3 Å². The Kier molecular flexibility index (Phi) is 2.97. The van der Waals surface area contributed by atoms with E-state index < -0.39 is 0 Å². The van der Waals surface area contributed by atoms with E-state index in [1.54, 1.807) is 4.68 Å². The molecule has 0 unspecified atom stereocenters. The number of hydrogen-bond acceptors (Lipinski definition) is 4. The van der Waals surface area contributed by atoms with E-state index in [2.05, 4.69) is 11.2 Å². The molecule has 0 aliphatic carbocycles. The first-order valence-electron chi connectivity index (χ1n) is 4.63. The molecule has 1 aromatic rings. The standard InChI is InChI=1S/C9H15N5/c1-4-13(3)9-7(6-10)8(11)14(5-2)12-9/h4-5,11H2,1-3H3. The number of aryl methyl sites for hydroxylation is 1. The van der Waals surface area contributed by atoms with Gasteiger partial charge in [-0.3, -0.25) is 0 Å². The second-order valence-electron chi connectivity index (χ2n) is 3.03. The Hall–Kier alpha value is -1.70. The molecule has 1 heterocycles. The van der Waals surface area contributed by atoms with Gasteiger partial charge in [0.25, 0.3) is 0 Å². The average molecular weight is 193 g/mol. The van der Waals surface area contributed by atoms with E-state index in [0.717, 1.165) is 6.54 Å². The molecule has 0 atom stereocenters. The van der Waals surface area contributed by atoms with E-state index in [0.29, 0.717) is 23.7 Å². The Balaban J connectivity index is 3.24. The molecule has 5 heteroatoms. The zero-order valence-electron chi connectivity index (χ0n) is 8.78. The molecule has 5 nitrogen and oxygen atoms in total. The van der Waals surface area contributed by atoms with Crippen molar-refractivity contribution in [2.24, 2.45) is 0 Å². The number of hydrogen-bond donors (Lipinski definition) is 1. The highest BCUT2D eigenvalue weighted by Crippen LogP contribution is 2.22. The van der Waals surface area contributed by atoms with E-state index in [4.69, 9.17) is 11.0 Å². The summed E-state index contributed by atoms with van der Waals surface area (Å²) in [6, 6.07) is 2.08. The van der Waals surface area contributed by atoms with Gasteiger partial charge in [-0.1, -0.05) is 0 Å². The van der Waals surface area contributed by atoms with Crippen LogP contribution >= 0.6 is 0 Å². The number of nitrogens with zero attached hydrogens (tertiary/aromatic N) is 4. The van der Waals surface area contributed by atoms with Crippen LogP contribution in [0.1, 0.15) is 19.4 Å². The molecule has 0 fully saturated rings. The Labute approximate surface area is 83.7 Å². The molecule has 1 rings (SSSR count). The van der Waals surface area contributed by atoms with Crippen molar-refractivity contribution < 1.29 is 0 Å². The molecule has 0 bridgehead atoms. The van der Waals surface area contributed by atoms with Crippen LogP contribution in [0.4, 0.5) is 11.6 Å². The van der Waals surface area contributed by atoms with Gasteiger partial charge in [-0.05, 0) is 13.8 Å². The van der Waals surface area contributed by atoms with Gasteiger partial charge < -0.3 is 10.6 Å². The van der Waals surface area contributed by atoms with Crippen LogP contribution in [0.25, 0.3) is 0 Å². The van der Waals surface area contributed by atoms with Crippen molar-refractivity contribution in [3.63, 3.8) is 0 Å². The van der Waals surface area contributed by atoms with E-state index in [9.17, 15) is 0 Å². The molecule has 14 heavy (non-hydrogen) atoms. The summed E-state index contributed by atoms with van der Waals surface area (Å²) in [5.74, 6) is 1.11. The summed E-state index contributed by atoms with van der Waals surface area (Å²) in [7, 11) is 1.89. The van der Waals surface area contributed by atoms with Crippen LogP contribution in [0.15, 0.2) is 0 Å². The number of nitrogens with two attached hydrogens (primary N) is 1. The largest absolute Gasteiger partial charge is 0.383 e. The highest BCUT2D eigenvalue weighted by Gasteiger charge is 2.16. The molecule has 1 aromatic heterocycles. The maximum absolute atomic E-state index is 8.94. The van der Waals surface area contributed by atoms with Crippen molar-refractivity contribution in [3.05, 3.63) is 5.56 Å². The zero-order chi connectivity index (χ0) is 10.7. The SMILES string of the molecule is CCN(C)c1nn(CC)c(N)c1C#N. The van der Waals surface area contributed by atoms with E-state index >= 15 is 0 Å². The zero-order valence-corrected chi connectivity index (χ0v) is 8.78. The van der Waals surface area contributed by atoms with Crippen molar-refractivity contribution in [2.75, 3.05) is 24.2 Å². The molecular formula is C9H15N5. The van der Waals surface area contributed by atoms with E-state index in [-0.39, 0.29) is 0 Å². The third-order valence-electron chi connectivity index (χ3n) is 2.22. The summed E-state index contributed by atoms with van der Waals surface area (Å²) in [6.45, 7) is 5.43. The minimum atomic E-state index is 0.449. The first-order valence-corrected chi connectivity index (χ1v) is 4.63. The number of nitrogen functional groups attached to an aromatic ring is 1. The molecule has 2 N–H and O–H groups in total. The van der Waals surface area contributed by atoms with Crippen molar-refractivity contribution in [1.82, 2.24) is 9.78 Å². The molecule has 76 valence electrons. The van der Waals surface area contributed by atoms with Gasteiger partial charge in [-0.25, -0.2) is 4.68 Å². The molecule has 0 radical (unpaired) electrons. The third kappa shape index (κ3) is 1.51. The van der Waals surface area contributed by atoms with Gasteiger partial charge in [0.05, 0.1) is 0 Å². The summed E-state index contributed by atoms with van der Waals surface area (Å²) in [4.78, 5) is 1.90. The van der Waals surface area contributed by atoms with E-state index in [1.165, 1.54) is 0 Å². The molecule has 0 saturated heterocycles. The Morgan fingerprint density at radius 2 is 2.21 bits per heavy atom. The van der Waals surface area contributed by atoms with Gasteiger partial charge in [0.15, 0.2) is 5.82 Å². The Morgan fingerprint density at radius 1 is 1.57 bits per heavy atom. The Bertz CT molecular complexity index is 360. The fourth-order valence-electron chi connectivity index (χ4n) is 1.23. The second kappa shape index (κ2) is 4.01. The fraction of sp³-hybridized carbons (Fsp3) is 0.556. The normalized spacial score (nSPS) is 9.86. The van der Waals surface area contributed by atoms with Crippen molar-refractivity contribution >= 4 is 11.6 Å². The van der Waals surface area contributed by atoms with Gasteiger partial charge in [-0.15, -0.1) is 0 Å². The fourth-order valence-corrected chi connectivity index (χ4v) is 1.23. The topological polar surface area (TPSA) is 70.9 Å². The first kappa shape index (κ1) is 10.4. The van der Waals surface area contributed by atoms with Gasteiger partial charge in [0.1, 0.15) is 17.5 Å². The van der Waals surface area contributed by atoms with Crippen molar-refractivity contribution in [2.45, 2.75) is 20.4 Å². The highest BCUT2D eigenvalue weighted by atomic mass is 15.4. The van der Waals surface area contributed by atoms with Crippen LogP contribution in [-0.2, 0) is 6.54 Å². The van der Waals surface area contributed by atoms with Gasteiger partial charge in [0, 0.05) is 20.1 Å². The summed E-state index contributed by atoms with van der Waals surface area (Å²) in [6.07, 6.45) is 0. The predicted octanol–water partition coefficient (Wildman–Crippen LogP) is 0.813. The third-order valence-corrected chi connectivity index (χ3v) is 2.22.